The maximum absolute atomic E-state index is 13.1. The fourth-order valence-corrected chi connectivity index (χ4v) is 4.88. The lowest BCUT2D eigenvalue weighted by atomic mass is 9.93. The summed E-state index contributed by atoms with van der Waals surface area (Å²) in [6, 6.07) is 22.5. The van der Waals surface area contributed by atoms with Gasteiger partial charge < -0.3 is 9.15 Å². The van der Waals surface area contributed by atoms with E-state index < -0.39 is 5.97 Å². The fraction of sp³-hybridized carbons (Fsp3) is 0.133. The van der Waals surface area contributed by atoms with Gasteiger partial charge in [0.05, 0.1) is 5.71 Å². The molecule has 182 valence electrons. The SMILES string of the molecule is Cc1c(C(=O)Oc2cccc3cccnc23)oc2c1/C(=N/NC(=O)c1cccc3ccccc13)CCC2. The number of amides is 1. The van der Waals surface area contributed by atoms with Crippen LogP contribution in [0, 0.1) is 6.92 Å². The monoisotopic (exact) mass is 489 g/mol. The van der Waals surface area contributed by atoms with Gasteiger partial charge in [-0.15, -0.1) is 0 Å². The van der Waals surface area contributed by atoms with Crippen LogP contribution in [0.25, 0.3) is 21.7 Å². The quantitative estimate of drug-likeness (QED) is 0.190. The number of ether oxygens (including phenoxy) is 1. The summed E-state index contributed by atoms with van der Waals surface area (Å²) in [5, 5.41) is 7.18. The smallest absolute Gasteiger partial charge is 0.380 e. The Bertz CT molecular complexity index is 1710. The van der Waals surface area contributed by atoms with Gasteiger partial charge in [-0.2, -0.15) is 5.10 Å². The van der Waals surface area contributed by atoms with Gasteiger partial charge in [-0.25, -0.2) is 10.2 Å². The number of fused-ring (bicyclic) bond motifs is 3. The molecule has 0 spiro atoms. The molecule has 0 fully saturated rings. The normalized spacial score (nSPS) is 14.0. The molecule has 6 rings (SSSR count). The zero-order chi connectivity index (χ0) is 25.4. The zero-order valence-electron chi connectivity index (χ0n) is 20.2. The molecule has 2 aromatic heterocycles. The van der Waals surface area contributed by atoms with E-state index in [4.69, 9.17) is 9.15 Å². The number of hydrogen-bond acceptors (Lipinski definition) is 6. The summed E-state index contributed by atoms with van der Waals surface area (Å²) in [5.74, 6) is 0.288. The van der Waals surface area contributed by atoms with Crippen molar-refractivity contribution < 1.29 is 18.7 Å². The number of carbonyl (C=O) groups is 2. The second kappa shape index (κ2) is 9.35. The van der Waals surface area contributed by atoms with Crippen molar-refractivity contribution in [1.82, 2.24) is 10.4 Å². The molecular formula is C30H23N3O4. The van der Waals surface area contributed by atoms with E-state index in [9.17, 15) is 9.59 Å². The Balaban J connectivity index is 1.28. The Labute approximate surface area is 212 Å². The van der Waals surface area contributed by atoms with Gasteiger partial charge in [-0.05, 0) is 48.7 Å². The number of furan rings is 1. The topological polar surface area (TPSA) is 93.8 Å². The van der Waals surface area contributed by atoms with Crippen LogP contribution < -0.4 is 10.2 Å². The fourth-order valence-electron chi connectivity index (χ4n) is 4.88. The van der Waals surface area contributed by atoms with Gasteiger partial charge in [0.1, 0.15) is 11.3 Å². The highest BCUT2D eigenvalue weighted by molar-refractivity contribution is 6.09. The molecule has 0 saturated carbocycles. The molecule has 7 heteroatoms. The molecule has 0 bridgehead atoms. The maximum Gasteiger partial charge on any atom is 0.380 e. The molecule has 3 aromatic carbocycles. The third-order valence-electron chi connectivity index (χ3n) is 6.64. The average molecular weight is 490 g/mol. The number of pyridine rings is 1. The molecule has 0 radical (unpaired) electrons. The molecule has 1 aliphatic carbocycles. The van der Waals surface area contributed by atoms with Crippen LogP contribution in [-0.4, -0.2) is 22.6 Å². The van der Waals surface area contributed by atoms with Crippen LogP contribution in [0.15, 0.2) is 88.5 Å². The summed E-state index contributed by atoms with van der Waals surface area (Å²) in [6.07, 6.45) is 3.79. The van der Waals surface area contributed by atoms with Gasteiger partial charge >= 0.3 is 5.97 Å². The van der Waals surface area contributed by atoms with E-state index in [1.165, 1.54) is 0 Å². The van der Waals surface area contributed by atoms with Crippen molar-refractivity contribution in [2.75, 3.05) is 0 Å². The van der Waals surface area contributed by atoms with Gasteiger partial charge in [0, 0.05) is 34.7 Å². The van der Waals surface area contributed by atoms with Crippen molar-refractivity contribution >= 4 is 39.3 Å². The number of para-hydroxylation sites is 1. The van der Waals surface area contributed by atoms with Crippen LogP contribution in [0.2, 0.25) is 0 Å². The minimum Gasteiger partial charge on any atom is -0.453 e. The molecule has 1 N–H and O–H groups in total. The molecule has 0 saturated heterocycles. The summed E-state index contributed by atoms with van der Waals surface area (Å²) in [5.41, 5.74) is 5.95. The van der Waals surface area contributed by atoms with E-state index in [-0.39, 0.29) is 11.7 Å². The Hall–Kier alpha value is -4.78. The summed E-state index contributed by atoms with van der Waals surface area (Å²) < 4.78 is 11.7. The Morgan fingerprint density at radius 3 is 2.65 bits per heavy atom. The Kier molecular flexibility index (Phi) is 5.73. The second-order valence-electron chi connectivity index (χ2n) is 8.95. The van der Waals surface area contributed by atoms with Crippen molar-refractivity contribution in [2.45, 2.75) is 26.2 Å². The van der Waals surface area contributed by atoms with E-state index >= 15 is 0 Å². The highest BCUT2D eigenvalue weighted by Gasteiger charge is 2.29. The predicted molar refractivity (Wildman–Crippen MR) is 141 cm³/mol. The Morgan fingerprint density at radius 2 is 1.73 bits per heavy atom. The van der Waals surface area contributed by atoms with Crippen LogP contribution in [0.4, 0.5) is 0 Å². The summed E-state index contributed by atoms with van der Waals surface area (Å²) in [7, 11) is 0. The first kappa shape index (κ1) is 22.7. The third kappa shape index (κ3) is 4.14. The van der Waals surface area contributed by atoms with Crippen LogP contribution in [0.1, 0.15) is 50.6 Å². The second-order valence-corrected chi connectivity index (χ2v) is 8.95. The van der Waals surface area contributed by atoms with Gasteiger partial charge in [0.2, 0.25) is 5.76 Å². The molecule has 5 aromatic rings. The van der Waals surface area contributed by atoms with Crippen LogP contribution >= 0.6 is 0 Å². The lowest BCUT2D eigenvalue weighted by Gasteiger charge is -2.13. The number of nitrogens with zero attached hydrogens (tertiary/aromatic N) is 2. The predicted octanol–water partition coefficient (Wildman–Crippen LogP) is 5.98. The van der Waals surface area contributed by atoms with Gasteiger partial charge in [0.15, 0.2) is 5.75 Å². The number of aromatic nitrogens is 1. The number of hydrazone groups is 1. The first-order valence-electron chi connectivity index (χ1n) is 12.1. The van der Waals surface area contributed by atoms with Gasteiger partial charge in [-0.1, -0.05) is 54.6 Å². The van der Waals surface area contributed by atoms with Crippen LogP contribution in [0.5, 0.6) is 5.75 Å². The van der Waals surface area contributed by atoms with Crippen LogP contribution in [-0.2, 0) is 6.42 Å². The van der Waals surface area contributed by atoms with Gasteiger partial charge in [0.25, 0.3) is 5.91 Å². The number of benzene rings is 3. The van der Waals surface area contributed by atoms with Crippen molar-refractivity contribution in [3.05, 3.63) is 107 Å². The van der Waals surface area contributed by atoms with E-state index in [1.54, 1.807) is 18.3 Å². The van der Waals surface area contributed by atoms with Crippen molar-refractivity contribution in [1.29, 1.82) is 0 Å². The molecule has 2 heterocycles. The Morgan fingerprint density at radius 1 is 0.946 bits per heavy atom. The van der Waals surface area contributed by atoms with Gasteiger partial charge in [-0.3, -0.25) is 9.78 Å². The molecule has 0 unspecified atom stereocenters. The molecule has 1 amide bonds. The van der Waals surface area contributed by atoms with Crippen molar-refractivity contribution in [3.8, 4) is 5.75 Å². The zero-order valence-corrected chi connectivity index (χ0v) is 20.2. The van der Waals surface area contributed by atoms with Crippen molar-refractivity contribution in [3.63, 3.8) is 0 Å². The van der Waals surface area contributed by atoms with Crippen LogP contribution in [0.3, 0.4) is 0 Å². The van der Waals surface area contributed by atoms with E-state index in [1.807, 2.05) is 67.6 Å². The maximum atomic E-state index is 13.1. The molecule has 1 aliphatic rings. The number of carbonyl (C=O) groups excluding carboxylic acids is 2. The summed E-state index contributed by atoms with van der Waals surface area (Å²) in [6.45, 7) is 1.81. The minimum atomic E-state index is -0.593. The number of nitrogens with one attached hydrogen (secondary N) is 1. The number of hydrogen-bond donors (Lipinski definition) is 1. The lowest BCUT2D eigenvalue weighted by molar-refractivity contribution is 0.0700. The number of aryl methyl sites for hydroxylation is 1. The average Bonchev–Trinajstić information content (AvgIpc) is 3.28. The highest BCUT2D eigenvalue weighted by Crippen LogP contribution is 2.31. The standard InChI is InChI=1S/C30H23N3O4/c1-18-26-23(32-33-29(34)22-13-4-9-19-8-2-3-12-21(19)22)14-6-15-24(26)36-28(18)30(35)37-25-16-5-10-20-11-7-17-31-27(20)25/h2-5,7-13,16-17H,6,14-15H2,1H3,(H,33,34)/b32-23+. The summed E-state index contributed by atoms with van der Waals surface area (Å²) >= 11 is 0. The number of esters is 1. The molecular weight excluding hydrogens is 466 g/mol. The van der Waals surface area contributed by atoms with E-state index in [0.29, 0.717) is 46.7 Å². The first-order chi connectivity index (χ1) is 18.1. The third-order valence-corrected chi connectivity index (χ3v) is 6.64. The minimum absolute atomic E-state index is 0.132. The largest absolute Gasteiger partial charge is 0.453 e. The summed E-state index contributed by atoms with van der Waals surface area (Å²) in [4.78, 5) is 30.5. The number of rotatable bonds is 4. The molecule has 0 aliphatic heterocycles. The lowest BCUT2D eigenvalue weighted by Crippen LogP contribution is -2.22. The highest BCUT2D eigenvalue weighted by atomic mass is 16.5. The molecule has 0 atom stereocenters. The molecule has 7 nitrogen and oxygen atoms in total. The van der Waals surface area contributed by atoms with E-state index in [2.05, 4.69) is 15.5 Å². The molecule has 37 heavy (non-hydrogen) atoms. The van der Waals surface area contributed by atoms with Crippen molar-refractivity contribution in [2.24, 2.45) is 5.10 Å². The van der Waals surface area contributed by atoms with E-state index in [0.717, 1.165) is 28.1 Å². The first-order valence-corrected chi connectivity index (χ1v) is 12.1.